The first kappa shape index (κ1) is 40.7. The van der Waals surface area contributed by atoms with E-state index < -0.39 is 0 Å². The minimum atomic E-state index is -0.251. The first-order valence-electron chi connectivity index (χ1n) is 18.7. The van der Waals surface area contributed by atoms with E-state index in [4.69, 9.17) is 9.47 Å². The van der Waals surface area contributed by atoms with Gasteiger partial charge in [-0.05, 0) is 12.8 Å². The summed E-state index contributed by atoms with van der Waals surface area (Å²) in [6, 6.07) is 0. The Morgan fingerprint density at radius 2 is 0.524 bits per heavy atom. The van der Waals surface area contributed by atoms with Gasteiger partial charge in [0.15, 0.2) is 0 Å². The molecule has 42 heavy (non-hydrogen) atoms. The molecule has 0 bridgehead atoms. The quantitative estimate of drug-likeness (QED) is 0.0423. The number of hydrogen-bond donors (Lipinski definition) is 0. The van der Waals surface area contributed by atoms with Gasteiger partial charge in [0.25, 0.3) is 0 Å². The first-order valence-corrected chi connectivity index (χ1v) is 18.7. The zero-order valence-corrected chi connectivity index (χ0v) is 28.4. The fourth-order valence-corrected chi connectivity index (χ4v) is 5.61. The van der Waals surface area contributed by atoms with Crippen LogP contribution in [0.2, 0.25) is 0 Å². The van der Waals surface area contributed by atoms with E-state index in [1.165, 1.54) is 179 Å². The fourth-order valence-electron chi connectivity index (χ4n) is 5.61. The van der Waals surface area contributed by atoms with Gasteiger partial charge in [0.05, 0.1) is 0 Å². The molecule has 0 aliphatic carbocycles. The van der Waals surface area contributed by atoms with Crippen LogP contribution in [0.5, 0.6) is 0 Å². The summed E-state index contributed by atoms with van der Waals surface area (Å²) in [5.41, 5.74) is 0. The SMILES string of the molecule is CCCCCCCCCCCCCCCCCC(=O)OC=COC(=O)CCCCCCCCCCCCCCCCC. The lowest BCUT2D eigenvalue weighted by Crippen LogP contribution is -2.01. The molecule has 0 aliphatic heterocycles. The molecule has 0 N–H and O–H groups in total. The van der Waals surface area contributed by atoms with Crippen molar-refractivity contribution in [3.63, 3.8) is 0 Å². The third kappa shape index (κ3) is 34.9. The molecule has 0 amide bonds. The Kier molecular flexibility index (Phi) is 34.7. The highest BCUT2D eigenvalue weighted by atomic mass is 16.6. The summed E-state index contributed by atoms with van der Waals surface area (Å²) in [5.74, 6) is -0.501. The highest BCUT2D eigenvalue weighted by Gasteiger charge is 2.03. The molecule has 0 spiro atoms. The van der Waals surface area contributed by atoms with Gasteiger partial charge in [0.2, 0.25) is 0 Å². The molecule has 0 radical (unpaired) electrons. The molecule has 0 aromatic heterocycles. The third-order valence-electron chi connectivity index (χ3n) is 8.42. The van der Waals surface area contributed by atoms with Gasteiger partial charge in [-0.2, -0.15) is 0 Å². The molecule has 4 nitrogen and oxygen atoms in total. The van der Waals surface area contributed by atoms with Gasteiger partial charge in [-0.1, -0.05) is 194 Å². The number of unbranched alkanes of at least 4 members (excludes halogenated alkanes) is 28. The van der Waals surface area contributed by atoms with E-state index in [-0.39, 0.29) is 11.9 Å². The van der Waals surface area contributed by atoms with Gasteiger partial charge in [-0.15, -0.1) is 0 Å². The van der Waals surface area contributed by atoms with Crippen LogP contribution in [0.4, 0.5) is 0 Å². The Morgan fingerprint density at radius 1 is 0.333 bits per heavy atom. The summed E-state index contributed by atoms with van der Waals surface area (Å²) in [5, 5.41) is 0. The Hall–Kier alpha value is -1.32. The molecule has 0 rings (SSSR count). The van der Waals surface area contributed by atoms with Gasteiger partial charge in [-0.3, -0.25) is 9.59 Å². The molecule has 0 aromatic rings. The van der Waals surface area contributed by atoms with Gasteiger partial charge in [0.1, 0.15) is 12.5 Å². The van der Waals surface area contributed by atoms with E-state index in [0.29, 0.717) is 12.8 Å². The highest BCUT2D eigenvalue weighted by molar-refractivity contribution is 5.70. The van der Waals surface area contributed by atoms with E-state index in [9.17, 15) is 9.59 Å². The van der Waals surface area contributed by atoms with E-state index in [1.807, 2.05) is 0 Å². The maximum Gasteiger partial charge on any atom is 0.310 e. The summed E-state index contributed by atoms with van der Waals surface area (Å²) in [7, 11) is 0. The lowest BCUT2D eigenvalue weighted by Gasteiger charge is -2.04. The van der Waals surface area contributed by atoms with Crippen LogP contribution in [0.1, 0.15) is 219 Å². The van der Waals surface area contributed by atoms with Crippen LogP contribution >= 0.6 is 0 Å². The highest BCUT2D eigenvalue weighted by Crippen LogP contribution is 2.15. The summed E-state index contributed by atoms with van der Waals surface area (Å²) in [4.78, 5) is 23.7. The third-order valence-corrected chi connectivity index (χ3v) is 8.42. The maximum absolute atomic E-state index is 11.8. The van der Waals surface area contributed by atoms with Gasteiger partial charge in [-0.25, -0.2) is 0 Å². The molecule has 0 saturated carbocycles. The predicted molar refractivity (Wildman–Crippen MR) is 180 cm³/mol. The van der Waals surface area contributed by atoms with Crippen LogP contribution in [-0.2, 0) is 19.1 Å². The average molecular weight is 593 g/mol. The lowest BCUT2D eigenvalue weighted by atomic mass is 10.0. The standard InChI is InChI=1S/C38H72O4/c1-3-5-7-9-11-13-15-17-19-21-23-25-27-29-31-33-37(39)41-35-36-42-38(40)34-32-30-28-26-24-22-20-18-16-14-12-10-8-6-4-2/h35-36H,3-34H2,1-2H3. The fraction of sp³-hybridized carbons (Fsp3) is 0.895. The van der Waals surface area contributed by atoms with Gasteiger partial charge >= 0.3 is 11.9 Å². The van der Waals surface area contributed by atoms with Crippen LogP contribution in [0.15, 0.2) is 12.5 Å². The molecule has 0 aromatic carbocycles. The minimum Gasteiger partial charge on any atom is -0.431 e. The van der Waals surface area contributed by atoms with Gasteiger partial charge < -0.3 is 9.47 Å². The Balaban J connectivity index is 3.33. The topological polar surface area (TPSA) is 52.6 Å². The smallest absolute Gasteiger partial charge is 0.310 e. The number of ether oxygens (including phenoxy) is 2. The van der Waals surface area contributed by atoms with Crippen LogP contribution in [0, 0.1) is 0 Å². The van der Waals surface area contributed by atoms with E-state index >= 15 is 0 Å². The van der Waals surface area contributed by atoms with Crippen molar-refractivity contribution in [2.24, 2.45) is 0 Å². The van der Waals surface area contributed by atoms with Crippen molar-refractivity contribution in [3.8, 4) is 0 Å². The van der Waals surface area contributed by atoms with E-state index in [0.717, 1.165) is 25.7 Å². The second-order valence-corrected chi connectivity index (χ2v) is 12.7. The van der Waals surface area contributed by atoms with Crippen molar-refractivity contribution in [2.75, 3.05) is 0 Å². The average Bonchev–Trinajstić information content (AvgIpc) is 2.99. The number of carbonyl (C=O) groups excluding carboxylic acids is 2. The second-order valence-electron chi connectivity index (χ2n) is 12.7. The van der Waals surface area contributed by atoms with Crippen molar-refractivity contribution < 1.29 is 19.1 Å². The molecule has 0 fully saturated rings. The van der Waals surface area contributed by atoms with Gasteiger partial charge in [0, 0.05) is 12.8 Å². The van der Waals surface area contributed by atoms with Crippen molar-refractivity contribution in [1.29, 1.82) is 0 Å². The monoisotopic (exact) mass is 593 g/mol. The van der Waals surface area contributed by atoms with Crippen LogP contribution < -0.4 is 0 Å². The number of carbonyl (C=O) groups is 2. The van der Waals surface area contributed by atoms with Crippen LogP contribution in [0.25, 0.3) is 0 Å². The van der Waals surface area contributed by atoms with Crippen molar-refractivity contribution in [3.05, 3.63) is 12.5 Å². The molecule has 0 atom stereocenters. The Labute approximate surface area is 262 Å². The molecule has 248 valence electrons. The number of hydrogen-bond acceptors (Lipinski definition) is 4. The second kappa shape index (κ2) is 35.9. The number of rotatable bonds is 34. The minimum absolute atomic E-state index is 0.251. The summed E-state index contributed by atoms with van der Waals surface area (Å²) < 4.78 is 10.1. The molecule has 0 saturated heterocycles. The van der Waals surface area contributed by atoms with Crippen molar-refractivity contribution in [1.82, 2.24) is 0 Å². The van der Waals surface area contributed by atoms with Crippen LogP contribution in [-0.4, -0.2) is 11.9 Å². The first-order chi connectivity index (χ1) is 20.7. The zero-order chi connectivity index (χ0) is 30.6. The van der Waals surface area contributed by atoms with Crippen molar-refractivity contribution >= 4 is 11.9 Å². The van der Waals surface area contributed by atoms with E-state index in [1.54, 1.807) is 0 Å². The Bertz CT molecular complexity index is 536. The van der Waals surface area contributed by atoms with Crippen molar-refractivity contribution in [2.45, 2.75) is 219 Å². The summed E-state index contributed by atoms with van der Waals surface area (Å²) in [6.45, 7) is 4.55. The predicted octanol–water partition coefficient (Wildman–Crippen LogP) is 13.1. The molecular formula is C38H72O4. The number of esters is 2. The largest absolute Gasteiger partial charge is 0.431 e. The lowest BCUT2D eigenvalue weighted by molar-refractivity contribution is -0.141. The normalized spacial score (nSPS) is 11.4. The Morgan fingerprint density at radius 3 is 0.738 bits per heavy atom. The maximum atomic E-state index is 11.8. The molecule has 0 heterocycles. The molecule has 0 unspecified atom stereocenters. The molecule has 4 heteroatoms. The zero-order valence-electron chi connectivity index (χ0n) is 28.4. The molecule has 0 aliphatic rings. The van der Waals surface area contributed by atoms with Crippen LogP contribution in [0.3, 0.4) is 0 Å². The summed E-state index contributed by atoms with van der Waals surface area (Å²) in [6.07, 6.45) is 42.5. The van der Waals surface area contributed by atoms with E-state index in [2.05, 4.69) is 13.8 Å². The molecular weight excluding hydrogens is 520 g/mol. The summed E-state index contributed by atoms with van der Waals surface area (Å²) >= 11 is 0.